The van der Waals surface area contributed by atoms with Gasteiger partial charge in [-0.15, -0.1) is 0 Å². The normalized spacial score (nSPS) is 10.2. The average molecular weight is 641 g/mol. The predicted molar refractivity (Wildman–Crippen MR) is 149 cm³/mol. The molecule has 0 spiro atoms. The molecule has 0 aliphatic carbocycles. The second-order valence-electron chi connectivity index (χ2n) is 9.56. The second kappa shape index (κ2) is 21.9. The number of rotatable bonds is 14. The van der Waals surface area contributed by atoms with Gasteiger partial charge in [0, 0.05) is 0 Å². The van der Waals surface area contributed by atoms with E-state index >= 15 is 0 Å². The van der Waals surface area contributed by atoms with Gasteiger partial charge in [-0.25, -0.2) is 0 Å². The zero-order chi connectivity index (χ0) is 35.7. The van der Waals surface area contributed by atoms with Crippen LogP contribution in [0.2, 0.25) is 0 Å². The molecule has 0 aromatic rings. The molecule has 0 heterocycles. The Morgan fingerprint density at radius 1 is 0.386 bits per heavy atom. The van der Waals surface area contributed by atoms with Gasteiger partial charge >= 0.3 is 17.4 Å². The zero-order valence-electron chi connectivity index (χ0n) is 27.1. The molecule has 0 aromatic heterocycles. The summed E-state index contributed by atoms with van der Waals surface area (Å²) >= 11 is 0. The van der Waals surface area contributed by atoms with Crippen LogP contribution in [0.15, 0.2) is 0 Å². The van der Waals surface area contributed by atoms with Gasteiger partial charge in [0.1, 0.15) is 62.5 Å². The molecule has 0 aliphatic heterocycles. The van der Waals surface area contributed by atoms with Crippen molar-refractivity contribution >= 4 is 81.5 Å². The van der Waals surface area contributed by atoms with Crippen molar-refractivity contribution in [2.75, 3.05) is 0 Å². The Hall–Kier alpha value is -3.70. The average Bonchev–Trinajstić information content (AvgIpc) is 2.79. The van der Waals surface area contributed by atoms with Gasteiger partial charge in [-0.2, -0.15) is 0 Å². The van der Waals surface area contributed by atoms with E-state index in [0.717, 1.165) is 41.5 Å². The molecule has 0 N–H and O–H groups in total. The fourth-order valence-corrected chi connectivity index (χ4v) is 3.88. The number of carboxylic acid groups (broad SMARTS) is 3. The fraction of sp³-hybridized carbons (Fsp3) is 0.621. The van der Waals surface area contributed by atoms with E-state index in [2.05, 4.69) is 0 Å². The van der Waals surface area contributed by atoms with Crippen LogP contribution in [0, 0.1) is 16.2 Å². The van der Waals surface area contributed by atoms with Gasteiger partial charge in [0.15, 0.2) is 0 Å². The molecular formula is C29H41AlO14. The molecule has 14 nitrogen and oxygen atoms in total. The summed E-state index contributed by atoms with van der Waals surface area (Å²) in [7, 11) is 0. The third-order valence-corrected chi connectivity index (χ3v) is 6.74. The van der Waals surface area contributed by atoms with Gasteiger partial charge in [0.25, 0.3) is 0 Å². The van der Waals surface area contributed by atoms with Crippen molar-refractivity contribution in [1.29, 1.82) is 0 Å². The maximum Gasteiger partial charge on any atom is 3.00 e. The molecule has 0 fully saturated rings. The minimum atomic E-state index is -1.93. The molecule has 0 saturated carbocycles. The summed E-state index contributed by atoms with van der Waals surface area (Å²) in [5, 5.41) is 31.7. The number of carboxylic acids is 3. The molecule has 15 heteroatoms. The molecule has 0 amide bonds. The van der Waals surface area contributed by atoms with Crippen LogP contribution in [0.25, 0.3) is 0 Å². The Bertz CT molecular complexity index is 894. The number of hydrogen-bond donors (Lipinski definition) is 0. The number of carbonyl (C=O) groups is 11. The summed E-state index contributed by atoms with van der Waals surface area (Å²) < 4.78 is 0. The van der Waals surface area contributed by atoms with E-state index in [-0.39, 0.29) is 54.6 Å². The van der Waals surface area contributed by atoms with Gasteiger partial charge in [-0.1, -0.05) is 20.8 Å². The molecule has 0 bridgehead atoms. The predicted octanol–water partition coefficient (Wildman–Crippen LogP) is -1.89. The van der Waals surface area contributed by atoms with Crippen LogP contribution in [-0.2, 0) is 52.7 Å². The van der Waals surface area contributed by atoms with Crippen LogP contribution in [0.1, 0.15) is 102 Å². The third-order valence-electron chi connectivity index (χ3n) is 6.74. The Balaban J connectivity index is -0.000000155. The van der Waals surface area contributed by atoms with Gasteiger partial charge in [0.05, 0.1) is 24.3 Å². The summed E-state index contributed by atoms with van der Waals surface area (Å²) in [6.45, 7) is 13.7. The summed E-state index contributed by atoms with van der Waals surface area (Å²) in [6.07, 6.45) is -0.0833. The molecule has 0 atom stereocenters. The summed E-state index contributed by atoms with van der Waals surface area (Å²) in [4.78, 5) is 117. The van der Waals surface area contributed by atoms with Crippen LogP contribution >= 0.6 is 0 Å². The van der Waals surface area contributed by atoms with Crippen LogP contribution in [-0.4, -0.2) is 81.5 Å². The standard InChI is InChI=1S/3C8H12O4.C5H8O2.Al/c3*1-4-8(5(2)9,6(3)10)7(11)12;1-4(6)3-5(2)7;/h3*4H2,1-3H3,(H,11,12);3H2,1-2H3;/q;;;;+3/p-3. The first-order valence-electron chi connectivity index (χ1n) is 13.0. The van der Waals surface area contributed by atoms with E-state index < -0.39 is 68.9 Å². The minimum absolute atomic E-state index is 0. The first-order valence-corrected chi connectivity index (χ1v) is 13.0. The quantitative estimate of drug-likeness (QED) is 0.148. The van der Waals surface area contributed by atoms with Crippen molar-refractivity contribution in [2.45, 2.75) is 102 Å². The molecule has 44 heavy (non-hydrogen) atoms. The smallest absolute Gasteiger partial charge is 0.549 e. The molecule has 0 unspecified atom stereocenters. The Labute approximate surface area is 267 Å². The van der Waals surface area contributed by atoms with Crippen molar-refractivity contribution in [3.8, 4) is 0 Å². The minimum Gasteiger partial charge on any atom is -0.549 e. The summed E-state index contributed by atoms with van der Waals surface area (Å²) in [6, 6.07) is 0. The van der Waals surface area contributed by atoms with Crippen molar-refractivity contribution < 1.29 is 68.1 Å². The zero-order valence-corrected chi connectivity index (χ0v) is 28.3. The summed E-state index contributed by atoms with van der Waals surface area (Å²) in [5.41, 5.74) is -5.79. The Kier molecular flexibility index (Phi) is 24.9. The maximum absolute atomic E-state index is 10.9. The topological polar surface area (TPSA) is 257 Å². The monoisotopic (exact) mass is 640 g/mol. The van der Waals surface area contributed by atoms with Gasteiger partial charge in [0.2, 0.25) is 0 Å². The SMILES string of the molecule is CC(=O)CC(C)=O.CCC(C(C)=O)(C(C)=O)C(=O)[O-].CCC(C(C)=O)(C(C)=O)C(=O)[O-].CCC(C(C)=O)(C(C)=O)C(=O)[O-].[Al+3]. The molecule has 0 saturated heterocycles. The third kappa shape index (κ3) is 13.3. The Morgan fingerprint density at radius 2 is 0.523 bits per heavy atom. The molecule has 0 radical (unpaired) electrons. The number of ketones is 8. The number of carbonyl (C=O) groups excluding carboxylic acids is 11. The van der Waals surface area contributed by atoms with Crippen molar-refractivity contribution in [1.82, 2.24) is 0 Å². The molecule has 0 aliphatic rings. The van der Waals surface area contributed by atoms with Crippen LogP contribution < -0.4 is 15.3 Å². The molecule has 0 aromatic carbocycles. The van der Waals surface area contributed by atoms with Crippen molar-refractivity contribution in [2.24, 2.45) is 16.2 Å². The van der Waals surface area contributed by atoms with Gasteiger partial charge in [-0.3, -0.25) is 38.4 Å². The number of Topliss-reactive ketones (excluding diaryl/α,β-unsaturated/α-hetero) is 8. The van der Waals surface area contributed by atoms with Gasteiger partial charge in [-0.05, 0) is 74.7 Å². The van der Waals surface area contributed by atoms with E-state index in [1.807, 2.05) is 0 Å². The molecular weight excluding hydrogens is 599 g/mol. The Morgan fingerprint density at radius 3 is 0.523 bits per heavy atom. The van der Waals surface area contributed by atoms with E-state index in [1.54, 1.807) is 0 Å². The molecule has 0 rings (SSSR count). The first-order chi connectivity index (χ1) is 19.3. The van der Waals surface area contributed by atoms with Gasteiger partial charge < -0.3 is 29.7 Å². The van der Waals surface area contributed by atoms with Crippen molar-refractivity contribution in [3.05, 3.63) is 0 Å². The van der Waals surface area contributed by atoms with Crippen molar-refractivity contribution in [3.63, 3.8) is 0 Å². The number of hydrogen-bond acceptors (Lipinski definition) is 14. The summed E-state index contributed by atoms with van der Waals surface area (Å²) in [5.74, 6) is -8.96. The van der Waals surface area contributed by atoms with E-state index in [9.17, 15) is 68.1 Å². The fourth-order valence-electron chi connectivity index (χ4n) is 3.88. The van der Waals surface area contributed by atoms with E-state index in [0.29, 0.717) is 0 Å². The largest absolute Gasteiger partial charge is 3.00 e. The van der Waals surface area contributed by atoms with Crippen LogP contribution in [0.4, 0.5) is 0 Å². The first kappa shape index (κ1) is 50.0. The van der Waals surface area contributed by atoms with E-state index in [1.165, 1.54) is 34.6 Å². The molecule has 244 valence electrons. The second-order valence-corrected chi connectivity index (χ2v) is 9.56. The van der Waals surface area contributed by atoms with Crippen LogP contribution in [0.3, 0.4) is 0 Å². The van der Waals surface area contributed by atoms with E-state index in [4.69, 9.17) is 0 Å². The maximum atomic E-state index is 10.9. The number of aliphatic carboxylic acids is 3. The van der Waals surface area contributed by atoms with Crippen LogP contribution in [0.5, 0.6) is 0 Å².